The van der Waals surface area contributed by atoms with Gasteiger partial charge in [-0.05, 0) is 42.8 Å². The minimum Gasteiger partial charge on any atom is -0.305 e. The molecule has 0 aliphatic heterocycles. The average molecular weight is 298 g/mol. The number of nitrogens with one attached hydrogen (secondary N) is 1. The summed E-state index contributed by atoms with van der Waals surface area (Å²) in [6.45, 7) is 3.05. The molecule has 1 unspecified atom stereocenters. The largest absolute Gasteiger partial charge is 0.305 e. The van der Waals surface area contributed by atoms with E-state index in [9.17, 15) is 0 Å². The van der Waals surface area contributed by atoms with Crippen LogP contribution in [0, 0.1) is 0 Å². The van der Waals surface area contributed by atoms with Crippen LogP contribution in [0.4, 0.5) is 0 Å². The van der Waals surface area contributed by atoms with Crippen LogP contribution in [0.25, 0.3) is 0 Å². The van der Waals surface area contributed by atoms with Gasteiger partial charge in [-0.2, -0.15) is 5.10 Å². The van der Waals surface area contributed by atoms with E-state index in [2.05, 4.69) is 17.3 Å². The molecule has 1 aromatic carbocycles. The minimum atomic E-state index is 0.0450. The van der Waals surface area contributed by atoms with Gasteiger partial charge >= 0.3 is 0 Å². The van der Waals surface area contributed by atoms with Crippen LogP contribution in [0.15, 0.2) is 30.5 Å². The highest BCUT2D eigenvalue weighted by molar-refractivity contribution is 6.34. The van der Waals surface area contributed by atoms with Crippen molar-refractivity contribution in [1.29, 1.82) is 0 Å². The average Bonchev–Trinajstić information content (AvgIpc) is 2.75. The van der Waals surface area contributed by atoms with Gasteiger partial charge in [-0.15, -0.1) is 0 Å². The van der Waals surface area contributed by atoms with Crippen molar-refractivity contribution in [3.63, 3.8) is 0 Å². The van der Waals surface area contributed by atoms with Gasteiger partial charge in [0.1, 0.15) is 0 Å². The lowest BCUT2D eigenvalue weighted by molar-refractivity contribution is 0.553. The highest BCUT2D eigenvalue weighted by Crippen LogP contribution is 2.27. The summed E-state index contributed by atoms with van der Waals surface area (Å²) in [4.78, 5) is 0. The number of rotatable bonds is 5. The van der Waals surface area contributed by atoms with Crippen LogP contribution in [0.2, 0.25) is 10.0 Å². The molecule has 0 amide bonds. The van der Waals surface area contributed by atoms with Crippen molar-refractivity contribution in [2.24, 2.45) is 7.05 Å². The second-order valence-corrected chi connectivity index (χ2v) is 5.34. The molecule has 3 nitrogen and oxygen atoms in total. The SMILES string of the molecule is CCCNC(c1cc(Cl)cc(Cl)c1)c1ccnn1C. The smallest absolute Gasteiger partial charge is 0.0749 e. The lowest BCUT2D eigenvalue weighted by atomic mass is 10.0. The summed E-state index contributed by atoms with van der Waals surface area (Å²) in [6.07, 6.45) is 2.85. The fourth-order valence-corrected chi connectivity index (χ4v) is 2.63. The Kier molecular flexibility index (Phi) is 4.86. The van der Waals surface area contributed by atoms with E-state index >= 15 is 0 Å². The van der Waals surface area contributed by atoms with Gasteiger partial charge in [-0.3, -0.25) is 4.68 Å². The van der Waals surface area contributed by atoms with E-state index in [0.29, 0.717) is 10.0 Å². The van der Waals surface area contributed by atoms with Crippen LogP contribution >= 0.6 is 23.2 Å². The molecule has 2 aromatic rings. The normalized spacial score (nSPS) is 12.6. The molecule has 102 valence electrons. The fourth-order valence-electron chi connectivity index (χ4n) is 2.09. The predicted molar refractivity (Wildman–Crippen MR) is 79.8 cm³/mol. The van der Waals surface area contributed by atoms with E-state index in [4.69, 9.17) is 23.2 Å². The van der Waals surface area contributed by atoms with E-state index < -0.39 is 0 Å². The second-order valence-electron chi connectivity index (χ2n) is 4.47. The molecule has 0 aliphatic rings. The molecule has 19 heavy (non-hydrogen) atoms. The van der Waals surface area contributed by atoms with Gasteiger partial charge in [0.05, 0.1) is 11.7 Å². The molecule has 2 rings (SSSR count). The molecule has 0 spiro atoms. The first-order valence-electron chi connectivity index (χ1n) is 6.29. The Morgan fingerprint density at radius 3 is 2.47 bits per heavy atom. The zero-order valence-electron chi connectivity index (χ0n) is 11.0. The van der Waals surface area contributed by atoms with Crippen LogP contribution in [-0.2, 0) is 7.05 Å². The third-order valence-corrected chi connectivity index (χ3v) is 3.41. The van der Waals surface area contributed by atoms with Gasteiger partial charge in [0.15, 0.2) is 0 Å². The van der Waals surface area contributed by atoms with Gasteiger partial charge in [-0.25, -0.2) is 0 Å². The Hall–Kier alpha value is -1.03. The molecule has 0 saturated carbocycles. The van der Waals surface area contributed by atoms with E-state index in [1.165, 1.54) is 0 Å². The van der Waals surface area contributed by atoms with E-state index in [1.54, 1.807) is 12.3 Å². The number of hydrogen-bond acceptors (Lipinski definition) is 2. The lowest BCUT2D eigenvalue weighted by Gasteiger charge is -2.20. The first-order chi connectivity index (χ1) is 9.11. The van der Waals surface area contributed by atoms with E-state index in [1.807, 2.05) is 29.9 Å². The quantitative estimate of drug-likeness (QED) is 0.909. The summed E-state index contributed by atoms with van der Waals surface area (Å²) in [5.41, 5.74) is 2.14. The lowest BCUT2D eigenvalue weighted by Crippen LogP contribution is -2.25. The van der Waals surface area contributed by atoms with Gasteiger partial charge in [0, 0.05) is 23.3 Å². The van der Waals surface area contributed by atoms with Gasteiger partial charge < -0.3 is 5.32 Å². The first kappa shape index (κ1) is 14.4. The Morgan fingerprint density at radius 1 is 1.26 bits per heavy atom. The van der Waals surface area contributed by atoms with Crippen molar-refractivity contribution >= 4 is 23.2 Å². The Morgan fingerprint density at radius 2 is 1.95 bits per heavy atom. The summed E-state index contributed by atoms with van der Waals surface area (Å²) in [6, 6.07) is 7.67. The zero-order chi connectivity index (χ0) is 13.8. The van der Waals surface area contributed by atoms with Crippen LogP contribution in [0.3, 0.4) is 0 Å². The molecule has 0 aliphatic carbocycles. The summed E-state index contributed by atoms with van der Waals surface area (Å²) < 4.78 is 1.86. The topological polar surface area (TPSA) is 29.9 Å². The molecule has 1 atom stereocenters. The fraction of sp³-hybridized carbons (Fsp3) is 0.357. The number of benzene rings is 1. The van der Waals surface area contributed by atoms with Crippen molar-refractivity contribution in [3.05, 3.63) is 51.8 Å². The summed E-state index contributed by atoms with van der Waals surface area (Å²) in [5, 5.41) is 9.02. The number of nitrogens with zero attached hydrogens (tertiary/aromatic N) is 2. The Bertz CT molecular complexity index is 531. The van der Waals surface area contributed by atoms with Crippen molar-refractivity contribution in [2.45, 2.75) is 19.4 Å². The monoisotopic (exact) mass is 297 g/mol. The van der Waals surface area contributed by atoms with Crippen molar-refractivity contribution in [1.82, 2.24) is 15.1 Å². The number of aromatic nitrogens is 2. The predicted octanol–water partition coefficient (Wildman–Crippen LogP) is 3.82. The van der Waals surface area contributed by atoms with Gasteiger partial charge in [0.2, 0.25) is 0 Å². The molecule has 1 N–H and O–H groups in total. The second kappa shape index (κ2) is 6.42. The first-order valence-corrected chi connectivity index (χ1v) is 7.04. The standard InChI is InChI=1S/C14H17Cl2N3/c1-3-5-17-14(13-4-6-18-19(13)2)10-7-11(15)9-12(16)8-10/h4,6-9,14,17H,3,5H2,1-2H3. The molecular formula is C14H17Cl2N3. The summed E-state index contributed by atoms with van der Waals surface area (Å²) in [7, 11) is 1.93. The van der Waals surface area contributed by atoms with Crippen LogP contribution in [0.5, 0.6) is 0 Å². The van der Waals surface area contributed by atoms with Gasteiger partial charge in [0.25, 0.3) is 0 Å². The molecule has 0 radical (unpaired) electrons. The third-order valence-electron chi connectivity index (χ3n) is 2.97. The van der Waals surface area contributed by atoms with Crippen molar-refractivity contribution < 1.29 is 0 Å². The molecular weight excluding hydrogens is 281 g/mol. The molecule has 1 aromatic heterocycles. The van der Waals surface area contributed by atoms with Crippen molar-refractivity contribution in [2.75, 3.05) is 6.54 Å². The minimum absolute atomic E-state index is 0.0450. The maximum atomic E-state index is 6.09. The van der Waals surface area contributed by atoms with Crippen LogP contribution in [-0.4, -0.2) is 16.3 Å². The van der Waals surface area contributed by atoms with E-state index in [0.717, 1.165) is 24.2 Å². The Balaban J connectivity index is 2.39. The Labute approximate surface area is 123 Å². The van der Waals surface area contributed by atoms with Crippen LogP contribution < -0.4 is 5.32 Å². The molecule has 0 fully saturated rings. The van der Waals surface area contributed by atoms with E-state index in [-0.39, 0.29) is 6.04 Å². The molecule has 5 heteroatoms. The number of hydrogen-bond donors (Lipinski definition) is 1. The van der Waals surface area contributed by atoms with Gasteiger partial charge in [-0.1, -0.05) is 30.1 Å². The maximum absolute atomic E-state index is 6.09. The highest BCUT2D eigenvalue weighted by Gasteiger charge is 2.17. The molecule has 1 heterocycles. The zero-order valence-corrected chi connectivity index (χ0v) is 12.5. The number of halogens is 2. The molecule has 0 saturated heterocycles. The van der Waals surface area contributed by atoms with Crippen LogP contribution in [0.1, 0.15) is 30.6 Å². The highest BCUT2D eigenvalue weighted by atomic mass is 35.5. The third kappa shape index (κ3) is 3.50. The maximum Gasteiger partial charge on any atom is 0.0749 e. The summed E-state index contributed by atoms with van der Waals surface area (Å²) >= 11 is 12.2. The molecule has 0 bridgehead atoms. The summed E-state index contributed by atoms with van der Waals surface area (Å²) in [5.74, 6) is 0. The van der Waals surface area contributed by atoms with Crippen molar-refractivity contribution in [3.8, 4) is 0 Å². The number of aryl methyl sites for hydroxylation is 1.